The van der Waals surface area contributed by atoms with Crippen LogP contribution in [0, 0.1) is 0 Å². The molecule has 7 heteroatoms. The number of aryl methyl sites for hydroxylation is 1. The summed E-state index contributed by atoms with van der Waals surface area (Å²) in [6, 6.07) is 5.73. The number of hydrogen-bond donors (Lipinski definition) is 2. The molecule has 2 rings (SSSR count). The Hall–Kier alpha value is -2.02. The molecule has 0 aliphatic rings. The average molecular weight is 253 g/mol. The predicted molar refractivity (Wildman–Crippen MR) is 62.1 cm³/mol. The fourth-order valence-corrected chi connectivity index (χ4v) is 2.31. The van der Waals surface area contributed by atoms with Gasteiger partial charge in [-0.25, -0.2) is 4.98 Å². The van der Waals surface area contributed by atoms with E-state index in [4.69, 9.17) is 5.11 Å². The molecule has 1 aromatic carbocycles. The van der Waals surface area contributed by atoms with Crippen LogP contribution in [-0.2, 0) is 17.1 Å². The number of sulfonamides is 1. The molecule has 0 atom stereocenters. The summed E-state index contributed by atoms with van der Waals surface area (Å²) in [5.74, 6) is 0.0748. The van der Waals surface area contributed by atoms with Crippen LogP contribution in [0.1, 0.15) is 0 Å². The molecule has 1 aromatic heterocycles. The van der Waals surface area contributed by atoms with Crippen LogP contribution >= 0.6 is 0 Å². The zero-order valence-electron chi connectivity index (χ0n) is 9.03. The molecular weight excluding hydrogens is 242 g/mol. The van der Waals surface area contributed by atoms with Crippen LogP contribution in [0.15, 0.2) is 41.8 Å². The first-order valence-electron chi connectivity index (χ1n) is 4.77. The molecule has 0 radical (unpaired) electrons. The summed E-state index contributed by atoms with van der Waals surface area (Å²) < 4.78 is 27.6. The van der Waals surface area contributed by atoms with Gasteiger partial charge in [-0.15, -0.1) is 0 Å². The van der Waals surface area contributed by atoms with Gasteiger partial charge in [-0.2, -0.15) is 8.42 Å². The second kappa shape index (κ2) is 4.10. The summed E-state index contributed by atoms with van der Waals surface area (Å²) in [6.45, 7) is 0. The van der Waals surface area contributed by atoms with Crippen molar-refractivity contribution in [2.75, 3.05) is 4.72 Å². The van der Waals surface area contributed by atoms with Crippen molar-refractivity contribution in [3.05, 3.63) is 36.8 Å². The lowest BCUT2D eigenvalue weighted by atomic mass is 10.3. The number of anilines is 1. The summed E-state index contributed by atoms with van der Waals surface area (Å²) in [4.78, 5) is 3.76. The molecule has 0 unspecified atom stereocenters. The minimum absolute atomic E-state index is 0.0481. The molecule has 0 saturated carbocycles. The highest BCUT2D eigenvalue weighted by molar-refractivity contribution is 7.92. The Morgan fingerprint density at radius 3 is 2.47 bits per heavy atom. The van der Waals surface area contributed by atoms with E-state index in [1.54, 1.807) is 11.6 Å². The molecule has 2 aromatic rings. The number of aromatic nitrogens is 2. The predicted octanol–water partition coefficient (Wildman–Crippen LogP) is 0.926. The fourth-order valence-electron chi connectivity index (χ4n) is 1.26. The third kappa shape index (κ3) is 2.56. The first-order valence-corrected chi connectivity index (χ1v) is 6.25. The van der Waals surface area contributed by atoms with Crippen molar-refractivity contribution in [1.82, 2.24) is 9.55 Å². The van der Waals surface area contributed by atoms with Gasteiger partial charge in [-0.1, -0.05) is 0 Å². The van der Waals surface area contributed by atoms with Crippen molar-refractivity contribution in [3.8, 4) is 5.75 Å². The van der Waals surface area contributed by atoms with E-state index in [1.807, 2.05) is 0 Å². The molecule has 90 valence electrons. The standard InChI is InChI=1S/C10H11N3O3S/c1-13-6-10(11-7-13)17(15,16)12-8-2-4-9(14)5-3-8/h2-7,12,14H,1H3. The molecule has 1 heterocycles. The Balaban J connectivity index is 2.26. The average Bonchev–Trinajstić information content (AvgIpc) is 2.69. The van der Waals surface area contributed by atoms with Gasteiger partial charge in [0.2, 0.25) is 0 Å². The van der Waals surface area contributed by atoms with Gasteiger partial charge in [-0.3, -0.25) is 4.72 Å². The molecule has 0 saturated heterocycles. The highest BCUT2D eigenvalue weighted by Crippen LogP contribution is 2.17. The number of phenolic OH excluding ortho intramolecular Hbond substituents is 1. The Labute approximate surface area is 98.6 Å². The maximum atomic E-state index is 11.9. The lowest BCUT2D eigenvalue weighted by Gasteiger charge is -2.05. The summed E-state index contributed by atoms with van der Waals surface area (Å²) in [7, 11) is -1.98. The molecule has 0 spiro atoms. The Morgan fingerprint density at radius 1 is 1.29 bits per heavy atom. The lowest BCUT2D eigenvalue weighted by Crippen LogP contribution is -2.13. The van der Waals surface area contributed by atoms with Crippen molar-refractivity contribution in [3.63, 3.8) is 0 Å². The quantitative estimate of drug-likeness (QED) is 0.797. The van der Waals surface area contributed by atoms with Gasteiger partial charge < -0.3 is 9.67 Å². The van der Waals surface area contributed by atoms with Gasteiger partial charge in [0.05, 0.1) is 6.33 Å². The first kappa shape index (κ1) is 11.5. The van der Waals surface area contributed by atoms with Gasteiger partial charge in [0.15, 0.2) is 5.03 Å². The van der Waals surface area contributed by atoms with Crippen LogP contribution in [0.2, 0.25) is 0 Å². The first-order chi connectivity index (χ1) is 7.97. The number of nitrogens with zero attached hydrogens (tertiary/aromatic N) is 2. The molecule has 0 fully saturated rings. The molecule has 2 N–H and O–H groups in total. The van der Waals surface area contributed by atoms with Crippen LogP contribution < -0.4 is 4.72 Å². The monoisotopic (exact) mass is 253 g/mol. The summed E-state index contributed by atoms with van der Waals surface area (Å²) >= 11 is 0. The largest absolute Gasteiger partial charge is 0.508 e. The van der Waals surface area contributed by atoms with Crippen LogP contribution in [0.5, 0.6) is 5.75 Å². The number of hydrogen-bond acceptors (Lipinski definition) is 4. The second-order valence-electron chi connectivity index (χ2n) is 3.53. The van der Waals surface area contributed by atoms with Gasteiger partial charge in [0, 0.05) is 18.9 Å². The van der Waals surface area contributed by atoms with Gasteiger partial charge in [-0.05, 0) is 24.3 Å². The van der Waals surface area contributed by atoms with Crippen LogP contribution in [0.3, 0.4) is 0 Å². The van der Waals surface area contributed by atoms with E-state index in [1.165, 1.54) is 36.8 Å². The van der Waals surface area contributed by atoms with Crippen LogP contribution in [0.4, 0.5) is 5.69 Å². The smallest absolute Gasteiger partial charge is 0.280 e. The van der Waals surface area contributed by atoms with E-state index in [9.17, 15) is 8.42 Å². The highest BCUT2D eigenvalue weighted by Gasteiger charge is 2.16. The molecule has 17 heavy (non-hydrogen) atoms. The third-order valence-corrected chi connectivity index (χ3v) is 3.34. The zero-order valence-corrected chi connectivity index (χ0v) is 9.85. The number of phenols is 1. The minimum atomic E-state index is -3.67. The Kier molecular flexibility index (Phi) is 2.76. The lowest BCUT2D eigenvalue weighted by molar-refractivity contribution is 0.475. The van der Waals surface area contributed by atoms with Gasteiger partial charge in [0.25, 0.3) is 10.0 Å². The van der Waals surface area contributed by atoms with Gasteiger partial charge in [0.1, 0.15) is 5.75 Å². The minimum Gasteiger partial charge on any atom is -0.508 e. The number of benzene rings is 1. The molecule has 0 aliphatic carbocycles. The van der Waals surface area contributed by atoms with E-state index in [0.29, 0.717) is 5.69 Å². The molecule has 0 aliphatic heterocycles. The summed E-state index contributed by atoms with van der Waals surface area (Å²) in [6.07, 6.45) is 2.81. The number of aromatic hydroxyl groups is 1. The Bertz CT molecular complexity index is 617. The SMILES string of the molecule is Cn1cnc(S(=O)(=O)Nc2ccc(O)cc2)c1. The van der Waals surface area contributed by atoms with E-state index < -0.39 is 10.0 Å². The molecule has 0 bridgehead atoms. The van der Waals surface area contributed by atoms with Crippen molar-refractivity contribution in [2.24, 2.45) is 7.05 Å². The van der Waals surface area contributed by atoms with E-state index in [2.05, 4.69) is 9.71 Å². The molecular formula is C10H11N3O3S. The van der Waals surface area contributed by atoms with Gasteiger partial charge >= 0.3 is 0 Å². The van der Waals surface area contributed by atoms with Crippen molar-refractivity contribution >= 4 is 15.7 Å². The third-order valence-electron chi connectivity index (χ3n) is 2.08. The van der Waals surface area contributed by atoms with E-state index >= 15 is 0 Å². The van der Waals surface area contributed by atoms with Crippen molar-refractivity contribution in [2.45, 2.75) is 5.03 Å². The maximum absolute atomic E-state index is 11.9. The van der Waals surface area contributed by atoms with E-state index in [-0.39, 0.29) is 10.8 Å². The number of nitrogens with one attached hydrogen (secondary N) is 1. The van der Waals surface area contributed by atoms with Crippen LogP contribution in [0.25, 0.3) is 0 Å². The summed E-state index contributed by atoms with van der Waals surface area (Å²) in [5, 5.41) is 9.03. The van der Waals surface area contributed by atoms with Crippen molar-refractivity contribution in [1.29, 1.82) is 0 Å². The maximum Gasteiger partial charge on any atom is 0.280 e. The number of rotatable bonds is 3. The Morgan fingerprint density at radius 2 is 1.94 bits per heavy atom. The number of imidazole rings is 1. The summed E-state index contributed by atoms with van der Waals surface area (Å²) in [5.41, 5.74) is 0.369. The van der Waals surface area contributed by atoms with E-state index in [0.717, 1.165) is 0 Å². The molecule has 6 nitrogen and oxygen atoms in total. The molecule has 0 amide bonds. The second-order valence-corrected chi connectivity index (χ2v) is 5.16. The highest BCUT2D eigenvalue weighted by atomic mass is 32.2. The fraction of sp³-hybridized carbons (Fsp3) is 0.100. The zero-order chi connectivity index (χ0) is 12.5. The normalized spacial score (nSPS) is 11.4. The topological polar surface area (TPSA) is 84.2 Å². The van der Waals surface area contributed by atoms with Crippen LogP contribution in [-0.4, -0.2) is 23.1 Å². The van der Waals surface area contributed by atoms with Crippen molar-refractivity contribution < 1.29 is 13.5 Å².